The zero-order chi connectivity index (χ0) is 13.4. The van der Waals surface area contributed by atoms with Crippen LogP contribution in [-0.2, 0) is 4.74 Å². The molecule has 1 heterocycles. The highest BCUT2D eigenvalue weighted by Crippen LogP contribution is 2.33. The third kappa shape index (κ3) is 2.84. The van der Waals surface area contributed by atoms with Gasteiger partial charge < -0.3 is 15.6 Å². The molecule has 1 saturated heterocycles. The van der Waals surface area contributed by atoms with E-state index in [0.717, 1.165) is 4.90 Å². The number of nitrogens with two attached hydrogens (primary N) is 1. The number of aliphatic hydroxyl groups is 1. The molecular formula is C10H18F2N2O3. The molecule has 0 saturated carbocycles. The van der Waals surface area contributed by atoms with Gasteiger partial charge >= 0.3 is 6.09 Å². The van der Waals surface area contributed by atoms with Gasteiger partial charge in [-0.3, -0.25) is 4.90 Å². The quantitative estimate of drug-likeness (QED) is 0.715. The van der Waals surface area contributed by atoms with E-state index in [1.165, 1.54) is 0 Å². The second-order valence-electron chi connectivity index (χ2n) is 5.11. The summed E-state index contributed by atoms with van der Waals surface area (Å²) in [7, 11) is 0. The van der Waals surface area contributed by atoms with E-state index < -0.39 is 36.3 Å². The highest BCUT2D eigenvalue weighted by Gasteiger charge is 2.56. The molecule has 7 heteroatoms. The average molecular weight is 252 g/mol. The van der Waals surface area contributed by atoms with Crippen LogP contribution in [0.25, 0.3) is 0 Å². The van der Waals surface area contributed by atoms with Crippen LogP contribution in [-0.4, -0.2) is 52.9 Å². The fourth-order valence-electron chi connectivity index (χ4n) is 1.66. The van der Waals surface area contributed by atoms with E-state index in [1.54, 1.807) is 20.8 Å². The van der Waals surface area contributed by atoms with Crippen molar-refractivity contribution in [3.63, 3.8) is 0 Å². The van der Waals surface area contributed by atoms with E-state index in [-0.39, 0.29) is 6.54 Å². The van der Waals surface area contributed by atoms with Gasteiger partial charge in [0.15, 0.2) is 0 Å². The summed E-state index contributed by atoms with van der Waals surface area (Å²) < 4.78 is 32.0. The van der Waals surface area contributed by atoms with Crippen molar-refractivity contribution < 1.29 is 23.4 Å². The molecule has 2 atom stereocenters. The van der Waals surface area contributed by atoms with Crippen LogP contribution in [0.3, 0.4) is 0 Å². The number of rotatable bonds is 1. The molecule has 1 fully saturated rings. The van der Waals surface area contributed by atoms with Crippen LogP contribution in [0.15, 0.2) is 0 Å². The Morgan fingerprint density at radius 3 is 2.53 bits per heavy atom. The van der Waals surface area contributed by atoms with Crippen molar-refractivity contribution >= 4 is 6.09 Å². The van der Waals surface area contributed by atoms with Gasteiger partial charge in [-0.15, -0.1) is 0 Å². The Kier molecular flexibility index (Phi) is 3.63. The molecule has 0 unspecified atom stereocenters. The minimum atomic E-state index is -3.30. The molecule has 1 amide bonds. The molecule has 0 aromatic heterocycles. The monoisotopic (exact) mass is 252 g/mol. The summed E-state index contributed by atoms with van der Waals surface area (Å²) in [6.45, 7) is 3.72. The molecule has 0 aromatic rings. The lowest BCUT2D eigenvalue weighted by Gasteiger charge is -2.28. The Bertz CT molecular complexity index is 304. The summed E-state index contributed by atoms with van der Waals surface area (Å²) in [5, 5.41) is 8.95. The van der Waals surface area contributed by atoms with Crippen molar-refractivity contribution in [2.45, 2.75) is 44.4 Å². The second kappa shape index (κ2) is 4.38. The first kappa shape index (κ1) is 14.1. The van der Waals surface area contributed by atoms with Gasteiger partial charge in [0.05, 0.1) is 12.6 Å². The number of hydrogen-bond donors (Lipinski definition) is 2. The number of nitrogens with zero attached hydrogens (tertiary/aromatic N) is 1. The molecule has 1 aliphatic heterocycles. The highest BCUT2D eigenvalue weighted by atomic mass is 19.3. The Hall–Kier alpha value is -0.950. The predicted octanol–water partition coefficient (Wildman–Crippen LogP) is 0.561. The summed E-state index contributed by atoms with van der Waals surface area (Å²) in [5.41, 5.74) is 4.48. The average Bonchev–Trinajstić information content (AvgIpc) is 2.35. The maximum Gasteiger partial charge on any atom is 0.410 e. The minimum Gasteiger partial charge on any atom is -0.444 e. The van der Waals surface area contributed by atoms with E-state index in [9.17, 15) is 13.6 Å². The molecule has 1 rings (SSSR count). The lowest BCUT2D eigenvalue weighted by Crippen LogP contribution is -2.48. The maximum absolute atomic E-state index is 13.5. The third-order valence-electron chi connectivity index (χ3n) is 2.51. The summed E-state index contributed by atoms with van der Waals surface area (Å²) >= 11 is 0. The first-order valence-electron chi connectivity index (χ1n) is 5.33. The van der Waals surface area contributed by atoms with E-state index in [2.05, 4.69) is 0 Å². The van der Waals surface area contributed by atoms with E-state index in [0.29, 0.717) is 0 Å². The lowest BCUT2D eigenvalue weighted by atomic mass is 10.1. The number of carbonyl (C=O) groups is 1. The molecule has 3 N–H and O–H groups in total. The minimum absolute atomic E-state index is 0.326. The number of halogens is 2. The lowest BCUT2D eigenvalue weighted by molar-refractivity contribution is -0.0633. The van der Waals surface area contributed by atoms with Gasteiger partial charge in [0.25, 0.3) is 5.92 Å². The molecule has 0 aromatic carbocycles. The van der Waals surface area contributed by atoms with E-state index in [4.69, 9.17) is 15.6 Å². The predicted molar refractivity (Wildman–Crippen MR) is 56.7 cm³/mol. The topological polar surface area (TPSA) is 75.8 Å². The van der Waals surface area contributed by atoms with Gasteiger partial charge in [-0.2, -0.15) is 0 Å². The summed E-state index contributed by atoms with van der Waals surface area (Å²) in [5.74, 6) is -3.30. The van der Waals surface area contributed by atoms with Gasteiger partial charge in [0.2, 0.25) is 0 Å². The van der Waals surface area contributed by atoms with Crippen molar-refractivity contribution in [3.8, 4) is 0 Å². The highest BCUT2D eigenvalue weighted by molar-refractivity contribution is 5.69. The van der Waals surface area contributed by atoms with Crippen LogP contribution in [0.4, 0.5) is 13.6 Å². The number of alkyl halides is 2. The number of likely N-dealkylation sites (tertiary alicyclic amines) is 1. The molecule has 0 aliphatic carbocycles. The number of aliphatic hydroxyl groups excluding tert-OH is 1. The van der Waals surface area contributed by atoms with Crippen LogP contribution < -0.4 is 5.73 Å². The first-order valence-corrected chi connectivity index (χ1v) is 5.33. The van der Waals surface area contributed by atoms with Gasteiger partial charge in [-0.05, 0) is 20.8 Å². The van der Waals surface area contributed by atoms with Crippen molar-refractivity contribution in [3.05, 3.63) is 0 Å². The fourth-order valence-corrected chi connectivity index (χ4v) is 1.66. The molecule has 17 heavy (non-hydrogen) atoms. The fraction of sp³-hybridized carbons (Fsp3) is 0.900. The molecule has 100 valence electrons. The van der Waals surface area contributed by atoms with Crippen LogP contribution in [0, 0.1) is 0 Å². The number of ether oxygens (including phenoxy) is 1. The van der Waals surface area contributed by atoms with Crippen LogP contribution in [0.5, 0.6) is 0 Å². The molecule has 0 radical (unpaired) electrons. The van der Waals surface area contributed by atoms with E-state index >= 15 is 0 Å². The van der Waals surface area contributed by atoms with Crippen LogP contribution in [0.2, 0.25) is 0 Å². The van der Waals surface area contributed by atoms with Crippen molar-refractivity contribution in [1.29, 1.82) is 0 Å². The molecular weight excluding hydrogens is 234 g/mol. The summed E-state index contributed by atoms with van der Waals surface area (Å²) in [4.78, 5) is 12.5. The van der Waals surface area contributed by atoms with E-state index in [1.807, 2.05) is 0 Å². The standard InChI is InChI=1S/C10H18F2N2O3/c1-9(2,3)17-8(16)14-4-6(13)10(11,12)7(14)5-15/h6-7,15H,4-5,13H2,1-3H3/t6-,7-/m1/s1. The number of hydrogen-bond acceptors (Lipinski definition) is 4. The zero-order valence-corrected chi connectivity index (χ0v) is 10.1. The molecule has 0 spiro atoms. The van der Waals surface area contributed by atoms with Crippen LogP contribution in [0.1, 0.15) is 20.8 Å². The molecule has 1 aliphatic rings. The van der Waals surface area contributed by atoms with Crippen molar-refractivity contribution in [2.24, 2.45) is 5.73 Å². The Labute approximate surface area is 98.5 Å². The van der Waals surface area contributed by atoms with Gasteiger partial charge in [-0.1, -0.05) is 0 Å². The largest absolute Gasteiger partial charge is 0.444 e. The normalized spacial score (nSPS) is 28.3. The molecule has 0 bridgehead atoms. The zero-order valence-electron chi connectivity index (χ0n) is 10.1. The number of amides is 1. The van der Waals surface area contributed by atoms with Gasteiger partial charge in [-0.25, -0.2) is 13.6 Å². The third-order valence-corrected chi connectivity index (χ3v) is 2.51. The Balaban J connectivity index is 2.82. The van der Waals surface area contributed by atoms with Crippen molar-refractivity contribution in [1.82, 2.24) is 4.90 Å². The Morgan fingerprint density at radius 2 is 2.12 bits per heavy atom. The SMILES string of the molecule is CC(C)(C)OC(=O)N1C[C@@H](N)C(F)(F)[C@H]1CO. The maximum atomic E-state index is 13.5. The van der Waals surface area contributed by atoms with Crippen molar-refractivity contribution in [2.75, 3.05) is 13.2 Å². The molecule has 5 nitrogen and oxygen atoms in total. The summed E-state index contributed by atoms with van der Waals surface area (Å²) in [6.07, 6.45) is -0.885. The van der Waals surface area contributed by atoms with Gasteiger partial charge in [0, 0.05) is 6.54 Å². The van der Waals surface area contributed by atoms with Gasteiger partial charge in [0.1, 0.15) is 11.6 Å². The van der Waals surface area contributed by atoms with Crippen LogP contribution >= 0.6 is 0 Å². The summed E-state index contributed by atoms with van der Waals surface area (Å²) in [6, 6.07) is -3.10. The first-order chi connectivity index (χ1) is 7.59. The Morgan fingerprint density at radius 1 is 1.59 bits per heavy atom. The number of carbonyl (C=O) groups excluding carboxylic acids is 1. The second-order valence-corrected chi connectivity index (χ2v) is 5.11. The smallest absolute Gasteiger partial charge is 0.410 e.